The number of nitrogens with one attached hydrogen (secondary N) is 2. The maximum atomic E-state index is 12.0. The molecule has 0 fully saturated rings. The molecule has 1 aromatic heterocycles. The van der Waals surface area contributed by atoms with Gasteiger partial charge in [-0.1, -0.05) is 30.3 Å². The average molecular weight is 291 g/mol. The first-order valence-corrected chi connectivity index (χ1v) is 7.26. The van der Waals surface area contributed by atoms with Gasteiger partial charge in [-0.2, -0.15) is 5.10 Å². The van der Waals surface area contributed by atoms with Crippen molar-refractivity contribution in [1.82, 2.24) is 15.5 Å². The van der Waals surface area contributed by atoms with Crippen molar-refractivity contribution in [1.29, 1.82) is 0 Å². The number of carbonyl (C=O) groups is 1. The van der Waals surface area contributed by atoms with Crippen LogP contribution in [-0.2, 0) is 0 Å². The summed E-state index contributed by atoms with van der Waals surface area (Å²) in [6.07, 6.45) is 1.73. The molecule has 110 valence electrons. The van der Waals surface area contributed by atoms with Gasteiger partial charge in [-0.3, -0.25) is 9.89 Å². The molecule has 4 heteroatoms. The lowest BCUT2D eigenvalue weighted by Gasteiger charge is -2.07. The smallest absolute Gasteiger partial charge is 0.251 e. The molecule has 0 aliphatic rings. The molecule has 0 bridgehead atoms. The second-order valence-electron chi connectivity index (χ2n) is 4.99. The van der Waals surface area contributed by atoms with Gasteiger partial charge in [0.1, 0.15) is 0 Å². The van der Waals surface area contributed by atoms with Crippen molar-refractivity contribution in [2.75, 3.05) is 6.54 Å². The van der Waals surface area contributed by atoms with Gasteiger partial charge in [0, 0.05) is 23.9 Å². The molecule has 0 saturated heterocycles. The normalized spacial score (nSPS) is 10.4. The van der Waals surface area contributed by atoms with Crippen molar-refractivity contribution in [3.63, 3.8) is 0 Å². The first-order chi connectivity index (χ1) is 10.8. The van der Waals surface area contributed by atoms with E-state index in [0.717, 1.165) is 22.4 Å². The van der Waals surface area contributed by atoms with Crippen LogP contribution in [0.4, 0.5) is 0 Å². The Bertz CT molecular complexity index is 779. The highest BCUT2D eigenvalue weighted by Gasteiger charge is 2.07. The summed E-state index contributed by atoms with van der Waals surface area (Å²) in [4.78, 5) is 12.0. The molecule has 3 rings (SSSR count). The minimum absolute atomic E-state index is 0.0472. The molecule has 1 amide bonds. The second kappa shape index (κ2) is 6.26. The summed E-state index contributed by atoms with van der Waals surface area (Å²) >= 11 is 0. The standard InChI is InChI=1S/C18H17N3O/c1-2-19-18(22)16-8-4-6-14(12-16)13-5-3-7-15(11-13)17-9-10-20-21-17/h3-12H,2H2,1H3,(H,19,22)(H,20,21). The minimum Gasteiger partial charge on any atom is -0.352 e. The maximum absolute atomic E-state index is 12.0. The van der Waals surface area contributed by atoms with Crippen LogP contribution in [0.3, 0.4) is 0 Å². The fourth-order valence-electron chi connectivity index (χ4n) is 2.39. The molecule has 2 N–H and O–H groups in total. The van der Waals surface area contributed by atoms with Crippen LogP contribution in [0.15, 0.2) is 60.8 Å². The third-order valence-corrected chi connectivity index (χ3v) is 3.47. The molecule has 2 aromatic carbocycles. The van der Waals surface area contributed by atoms with Crippen molar-refractivity contribution >= 4 is 5.91 Å². The van der Waals surface area contributed by atoms with E-state index in [1.807, 2.05) is 55.5 Å². The predicted octanol–water partition coefficient (Wildman–Crippen LogP) is 3.49. The molecular formula is C18H17N3O. The van der Waals surface area contributed by atoms with Crippen LogP contribution in [0.5, 0.6) is 0 Å². The number of nitrogens with zero attached hydrogens (tertiary/aromatic N) is 1. The van der Waals surface area contributed by atoms with Crippen molar-refractivity contribution < 1.29 is 4.79 Å². The summed E-state index contributed by atoms with van der Waals surface area (Å²) in [5.41, 5.74) is 4.80. The molecule has 4 nitrogen and oxygen atoms in total. The SMILES string of the molecule is CCNC(=O)c1cccc(-c2cccc(-c3ccn[nH]3)c2)c1. The Balaban J connectivity index is 1.96. The molecule has 22 heavy (non-hydrogen) atoms. The van der Waals surface area contributed by atoms with Crippen molar-refractivity contribution in [3.8, 4) is 22.4 Å². The Labute approximate surface area is 129 Å². The molecule has 0 atom stereocenters. The van der Waals surface area contributed by atoms with Crippen molar-refractivity contribution in [2.24, 2.45) is 0 Å². The predicted molar refractivity (Wildman–Crippen MR) is 87.5 cm³/mol. The highest BCUT2D eigenvalue weighted by atomic mass is 16.1. The number of aromatic amines is 1. The molecule has 0 radical (unpaired) electrons. The van der Waals surface area contributed by atoms with Gasteiger partial charge in [0.2, 0.25) is 0 Å². The summed E-state index contributed by atoms with van der Waals surface area (Å²) in [6.45, 7) is 2.54. The monoisotopic (exact) mass is 291 g/mol. The molecular weight excluding hydrogens is 274 g/mol. The number of benzene rings is 2. The molecule has 0 saturated carbocycles. The van der Waals surface area contributed by atoms with Crippen LogP contribution in [0.2, 0.25) is 0 Å². The van der Waals surface area contributed by atoms with Gasteiger partial charge in [0.15, 0.2) is 0 Å². The van der Waals surface area contributed by atoms with E-state index >= 15 is 0 Å². The number of hydrogen-bond donors (Lipinski definition) is 2. The van der Waals surface area contributed by atoms with Crippen LogP contribution >= 0.6 is 0 Å². The van der Waals surface area contributed by atoms with Crippen LogP contribution in [-0.4, -0.2) is 22.6 Å². The third-order valence-electron chi connectivity index (χ3n) is 3.47. The van der Waals surface area contributed by atoms with E-state index in [4.69, 9.17) is 0 Å². The largest absolute Gasteiger partial charge is 0.352 e. The summed E-state index contributed by atoms with van der Waals surface area (Å²) < 4.78 is 0. The van der Waals surface area contributed by atoms with Gasteiger partial charge in [-0.25, -0.2) is 0 Å². The Morgan fingerprint density at radius 3 is 2.50 bits per heavy atom. The third kappa shape index (κ3) is 2.91. The number of rotatable bonds is 4. The van der Waals surface area contributed by atoms with Gasteiger partial charge in [-0.15, -0.1) is 0 Å². The Morgan fingerprint density at radius 2 is 1.77 bits per heavy atom. The fraction of sp³-hybridized carbons (Fsp3) is 0.111. The number of carbonyl (C=O) groups excluding carboxylic acids is 1. The second-order valence-corrected chi connectivity index (χ2v) is 4.99. The van der Waals surface area contributed by atoms with E-state index in [2.05, 4.69) is 21.6 Å². The molecule has 0 aliphatic carbocycles. The maximum Gasteiger partial charge on any atom is 0.251 e. The highest BCUT2D eigenvalue weighted by molar-refractivity contribution is 5.95. The van der Waals surface area contributed by atoms with Gasteiger partial charge in [0.25, 0.3) is 5.91 Å². The lowest BCUT2D eigenvalue weighted by molar-refractivity contribution is 0.0956. The average Bonchev–Trinajstić information content (AvgIpc) is 3.10. The summed E-state index contributed by atoms with van der Waals surface area (Å²) in [6, 6.07) is 17.8. The zero-order valence-corrected chi connectivity index (χ0v) is 12.3. The van der Waals surface area contributed by atoms with E-state index in [9.17, 15) is 4.79 Å². The summed E-state index contributed by atoms with van der Waals surface area (Å²) in [5.74, 6) is -0.0472. The van der Waals surface area contributed by atoms with Crippen LogP contribution < -0.4 is 5.32 Å². The Kier molecular flexibility index (Phi) is 4.01. The number of aromatic nitrogens is 2. The number of H-pyrrole nitrogens is 1. The van der Waals surface area contributed by atoms with E-state index in [1.54, 1.807) is 6.20 Å². The Morgan fingerprint density at radius 1 is 1.05 bits per heavy atom. The highest BCUT2D eigenvalue weighted by Crippen LogP contribution is 2.25. The van der Waals surface area contributed by atoms with E-state index < -0.39 is 0 Å². The molecule has 0 spiro atoms. The molecule has 0 unspecified atom stereocenters. The van der Waals surface area contributed by atoms with Gasteiger partial charge in [0.05, 0.1) is 5.69 Å². The zero-order valence-electron chi connectivity index (χ0n) is 12.3. The first kappa shape index (κ1) is 14.1. The number of amides is 1. The van der Waals surface area contributed by atoms with Gasteiger partial charge < -0.3 is 5.32 Å². The molecule has 1 heterocycles. The lowest BCUT2D eigenvalue weighted by atomic mass is 10.00. The molecule has 3 aromatic rings. The van der Waals surface area contributed by atoms with Gasteiger partial charge >= 0.3 is 0 Å². The van der Waals surface area contributed by atoms with Crippen molar-refractivity contribution in [3.05, 3.63) is 66.4 Å². The van der Waals surface area contributed by atoms with E-state index in [-0.39, 0.29) is 5.91 Å². The summed E-state index contributed by atoms with van der Waals surface area (Å²) in [7, 11) is 0. The first-order valence-electron chi connectivity index (χ1n) is 7.26. The summed E-state index contributed by atoms with van der Waals surface area (Å²) in [5, 5.41) is 9.77. The van der Waals surface area contributed by atoms with Gasteiger partial charge in [-0.05, 0) is 42.3 Å². The fourth-order valence-corrected chi connectivity index (χ4v) is 2.39. The van der Waals surface area contributed by atoms with Crippen LogP contribution in [0.25, 0.3) is 22.4 Å². The van der Waals surface area contributed by atoms with E-state index in [1.165, 1.54) is 0 Å². The zero-order chi connectivity index (χ0) is 15.4. The number of hydrogen-bond acceptors (Lipinski definition) is 2. The topological polar surface area (TPSA) is 57.8 Å². The Hall–Kier alpha value is -2.88. The quantitative estimate of drug-likeness (QED) is 0.773. The van der Waals surface area contributed by atoms with Crippen LogP contribution in [0.1, 0.15) is 17.3 Å². The lowest BCUT2D eigenvalue weighted by Crippen LogP contribution is -2.22. The minimum atomic E-state index is -0.0472. The van der Waals surface area contributed by atoms with Crippen LogP contribution in [0, 0.1) is 0 Å². The van der Waals surface area contributed by atoms with E-state index in [0.29, 0.717) is 12.1 Å². The molecule has 0 aliphatic heterocycles. The van der Waals surface area contributed by atoms with Crippen molar-refractivity contribution in [2.45, 2.75) is 6.92 Å².